The van der Waals surface area contributed by atoms with Crippen LogP contribution >= 0.6 is 0 Å². The second-order valence-electron chi connectivity index (χ2n) is 6.99. The number of halogens is 2. The number of nitro groups is 1. The molecule has 2 aromatic rings. The lowest BCUT2D eigenvalue weighted by Gasteiger charge is -2.27. The Kier molecular flexibility index (Phi) is 7.14. The summed E-state index contributed by atoms with van der Waals surface area (Å²) in [5.74, 6) is -2.31. The highest BCUT2D eigenvalue weighted by Gasteiger charge is 2.42. The molecule has 3 rings (SSSR count). The summed E-state index contributed by atoms with van der Waals surface area (Å²) in [5, 5.41) is 14.7. The summed E-state index contributed by atoms with van der Waals surface area (Å²) in [4.78, 5) is 28.4. The molecule has 1 aromatic heterocycles. The summed E-state index contributed by atoms with van der Waals surface area (Å²) in [6.07, 6.45) is 1.96. The number of nitrogens with one attached hydrogen (secondary N) is 1. The Balaban J connectivity index is 1.97. The van der Waals surface area contributed by atoms with E-state index < -0.39 is 23.4 Å². The van der Waals surface area contributed by atoms with Crippen molar-refractivity contribution < 1.29 is 28.0 Å². The summed E-state index contributed by atoms with van der Waals surface area (Å²) in [5.41, 5.74) is 0.895. The SMILES string of the molecule is CC1=C(C(=O)OCCc2ccccn2)C(c2ccccc2OC(F)F)C([N+](=O)[O-])=C(C)N1. The third-order valence-electron chi connectivity index (χ3n) is 4.91. The second kappa shape index (κ2) is 9.99. The van der Waals surface area contributed by atoms with Crippen LogP contribution in [0.1, 0.15) is 31.0 Å². The molecule has 2 heterocycles. The third-order valence-corrected chi connectivity index (χ3v) is 4.91. The van der Waals surface area contributed by atoms with Gasteiger partial charge in [-0.1, -0.05) is 24.3 Å². The van der Waals surface area contributed by atoms with Crippen LogP contribution in [0.5, 0.6) is 5.75 Å². The van der Waals surface area contributed by atoms with Gasteiger partial charge in [0, 0.05) is 29.6 Å². The fourth-order valence-corrected chi connectivity index (χ4v) is 3.59. The molecule has 0 radical (unpaired) electrons. The number of carbonyl (C=O) groups is 1. The van der Waals surface area contributed by atoms with Gasteiger partial charge in [-0.25, -0.2) is 4.79 Å². The number of carbonyl (C=O) groups excluding carboxylic acids is 1. The molecule has 0 saturated carbocycles. The van der Waals surface area contributed by atoms with Crippen LogP contribution in [0.25, 0.3) is 0 Å². The molecule has 1 unspecified atom stereocenters. The van der Waals surface area contributed by atoms with E-state index >= 15 is 0 Å². The number of hydrogen-bond acceptors (Lipinski definition) is 7. The average molecular weight is 445 g/mol. The Morgan fingerprint density at radius 1 is 1.19 bits per heavy atom. The van der Waals surface area contributed by atoms with Crippen LogP contribution in [0.3, 0.4) is 0 Å². The van der Waals surface area contributed by atoms with Gasteiger partial charge < -0.3 is 14.8 Å². The molecule has 1 aliphatic rings. The van der Waals surface area contributed by atoms with Crippen LogP contribution in [0.15, 0.2) is 71.3 Å². The van der Waals surface area contributed by atoms with E-state index in [9.17, 15) is 23.7 Å². The third kappa shape index (κ3) is 5.08. The lowest BCUT2D eigenvalue weighted by Crippen LogP contribution is -2.32. The summed E-state index contributed by atoms with van der Waals surface area (Å²) in [6.45, 7) is -0.0978. The molecule has 0 fully saturated rings. The van der Waals surface area contributed by atoms with Crippen LogP contribution < -0.4 is 10.1 Å². The summed E-state index contributed by atoms with van der Waals surface area (Å²) in [7, 11) is 0. The highest BCUT2D eigenvalue weighted by atomic mass is 19.3. The minimum atomic E-state index is -3.14. The predicted molar refractivity (Wildman–Crippen MR) is 110 cm³/mol. The fraction of sp³-hybridized carbons (Fsp3) is 0.273. The highest BCUT2D eigenvalue weighted by Crippen LogP contribution is 2.42. The lowest BCUT2D eigenvalue weighted by molar-refractivity contribution is -0.431. The van der Waals surface area contributed by atoms with Crippen LogP contribution in [0, 0.1) is 10.1 Å². The largest absolute Gasteiger partial charge is 0.462 e. The van der Waals surface area contributed by atoms with E-state index in [0.29, 0.717) is 17.8 Å². The van der Waals surface area contributed by atoms with Crippen molar-refractivity contribution in [3.8, 4) is 5.75 Å². The average Bonchev–Trinajstić information content (AvgIpc) is 2.73. The maximum atomic E-state index is 13.0. The van der Waals surface area contributed by atoms with Gasteiger partial charge in [0.05, 0.1) is 22.8 Å². The van der Waals surface area contributed by atoms with Crippen LogP contribution in [-0.2, 0) is 16.0 Å². The Morgan fingerprint density at radius 3 is 2.56 bits per heavy atom. The van der Waals surface area contributed by atoms with Crippen LogP contribution in [0.4, 0.5) is 8.78 Å². The van der Waals surface area contributed by atoms with Crippen molar-refractivity contribution in [1.82, 2.24) is 10.3 Å². The molecule has 10 heteroatoms. The van der Waals surface area contributed by atoms with Gasteiger partial charge in [-0.05, 0) is 32.0 Å². The standard InChI is InChI=1S/C22H21F2N3O5/c1-13-18(21(28)31-12-10-15-7-5-6-11-25-15)19(20(27(29)30)14(2)26-13)16-8-3-4-9-17(16)32-22(23)24/h3-9,11,19,22,26H,10,12H2,1-2H3. The Hall–Kier alpha value is -3.82. The zero-order valence-electron chi connectivity index (χ0n) is 17.4. The minimum Gasteiger partial charge on any atom is -0.462 e. The van der Waals surface area contributed by atoms with E-state index in [4.69, 9.17) is 4.74 Å². The molecule has 32 heavy (non-hydrogen) atoms. The van der Waals surface area contributed by atoms with Gasteiger partial charge in [0.1, 0.15) is 11.7 Å². The number of esters is 1. The molecule has 0 spiro atoms. The number of benzene rings is 1. The molecule has 1 atom stereocenters. The van der Waals surface area contributed by atoms with Gasteiger partial charge in [0.2, 0.25) is 0 Å². The summed E-state index contributed by atoms with van der Waals surface area (Å²) in [6, 6.07) is 11.0. The molecule has 1 aliphatic heterocycles. The van der Waals surface area contributed by atoms with Crippen molar-refractivity contribution in [3.63, 3.8) is 0 Å². The monoisotopic (exact) mass is 445 g/mol. The first-order chi connectivity index (χ1) is 15.3. The van der Waals surface area contributed by atoms with Gasteiger partial charge in [0.15, 0.2) is 0 Å². The Labute approximate surface area is 182 Å². The highest BCUT2D eigenvalue weighted by molar-refractivity contribution is 5.92. The number of alkyl halides is 2. The number of nitrogens with zero attached hydrogens (tertiary/aromatic N) is 2. The number of para-hydroxylation sites is 1. The first-order valence-electron chi connectivity index (χ1n) is 9.73. The van der Waals surface area contributed by atoms with E-state index in [0.717, 1.165) is 0 Å². The number of aromatic nitrogens is 1. The normalized spacial score (nSPS) is 16.1. The first kappa shape index (κ1) is 22.9. The number of pyridine rings is 1. The zero-order chi connectivity index (χ0) is 23.3. The fourth-order valence-electron chi connectivity index (χ4n) is 3.59. The molecule has 8 nitrogen and oxygen atoms in total. The van der Waals surface area contributed by atoms with Crippen molar-refractivity contribution in [2.24, 2.45) is 0 Å². The molecular weight excluding hydrogens is 424 g/mol. The molecule has 1 N–H and O–H groups in total. The van der Waals surface area contributed by atoms with Gasteiger partial charge in [-0.3, -0.25) is 15.1 Å². The quantitative estimate of drug-likeness (QED) is 0.373. The molecule has 0 aliphatic carbocycles. The lowest BCUT2D eigenvalue weighted by atomic mass is 9.83. The Bertz CT molecular complexity index is 1070. The van der Waals surface area contributed by atoms with Crippen LogP contribution in [0.2, 0.25) is 0 Å². The number of ether oxygens (including phenoxy) is 2. The van der Waals surface area contributed by atoms with Crippen molar-refractivity contribution in [2.45, 2.75) is 32.8 Å². The number of rotatable bonds is 8. The van der Waals surface area contributed by atoms with Gasteiger partial charge in [0.25, 0.3) is 5.70 Å². The molecule has 1 aromatic carbocycles. The molecule has 0 amide bonds. The number of hydrogen-bond donors (Lipinski definition) is 1. The van der Waals surface area contributed by atoms with Crippen molar-refractivity contribution >= 4 is 5.97 Å². The molecule has 168 valence electrons. The van der Waals surface area contributed by atoms with E-state index in [-0.39, 0.29) is 34.9 Å². The number of dihydropyridines is 1. The van der Waals surface area contributed by atoms with E-state index in [1.165, 1.54) is 31.2 Å². The van der Waals surface area contributed by atoms with Gasteiger partial charge in [-0.15, -0.1) is 0 Å². The van der Waals surface area contributed by atoms with Crippen molar-refractivity contribution in [3.05, 3.63) is 92.7 Å². The van der Waals surface area contributed by atoms with Crippen molar-refractivity contribution in [2.75, 3.05) is 6.61 Å². The van der Waals surface area contributed by atoms with Gasteiger partial charge in [-0.2, -0.15) is 8.78 Å². The molecular formula is C22H21F2N3O5. The van der Waals surface area contributed by atoms with Gasteiger partial charge >= 0.3 is 12.6 Å². The summed E-state index contributed by atoms with van der Waals surface area (Å²) >= 11 is 0. The summed E-state index contributed by atoms with van der Waals surface area (Å²) < 4.78 is 35.9. The molecule has 0 bridgehead atoms. The topological polar surface area (TPSA) is 104 Å². The van der Waals surface area contributed by atoms with E-state index in [2.05, 4.69) is 15.0 Å². The zero-order valence-corrected chi connectivity index (χ0v) is 17.4. The Morgan fingerprint density at radius 2 is 1.91 bits per heavy atom. The minimum absolute atomic E-state index is 0.00891. The van der Waals surface area contributed by atoms with Crippen molar-refractivity contribution in [1.29, 1.82) is 0 Å². The second-order valence-corrected chi connectivity index (χ2v) is 6.99. The van der Waals surface area contributed by atoms with E-state index in [1.54, 1.807) is 31.3 Å². The maximum absolute atomic E-state index is 13.0. The van der Waals surface area contributed by atoms with E-state index in [1.807, 2.05) is 0 Å². The first-order valence-corrected chi connectivity index (χ1v) is 9.73. The predicted octanol–water partition coefficient (Wildman–Crippen LogP) is 3.94. The molecule has 0 saturated heterocycles. The number of allylic oxidation sites excluding steroid dienone is 3. The maximum Gasteiger partial charge on any atom is 0.387 e. The van der Waals surface area contributed by atoms with Crippen LogP contribution in [-0.4, -0.2) is 29.1 Å². The smallest absolute Gasteiger partial charge is 0.387 e.